The minimum atomic E-state index is 0.578. The first-order chi connectivity index (χ1) is 8.43. The SMILES string of the molecule is c1noc(CCNc2cncc3nnnn23)n1. The van der Waals surface area contributed by atoms with Crippen LogP contribution in [0.2, 0.25) is 0 Å². The molecule has 1 N–H and O–H groups in total. The van der Waals surface area contributed by atoms with E-state index in [9.17, 15) is 0 Å². The molecule has 0 amide bonds. The minimum absolute atomic E-state index is 0.578. The van der Waals surface area contributed by atoms with Crippen LogP contribution in [0.25, 0.3) is 5.65 Å². The smallest absolute Gasteiger partial charge is 0.228 e. The molecule has 3 aromatic rings. The lowest BCUT2D eigenvalue weighted by atomic mass is 10.4. The second-order valence-corrected chi connectivity index (χ2v) is 3.25. The zero-order chi connectivity index (χ0) is 11.5. The number of rotatable bonds is 4. The van der Waals surface area contributed by atoms with E-state index in [-0.39, 0.29) is 0 Å². The van der Waals surface area contributed by atoms with Gasteiger partial charge in [0, 0.05) is 13.0 Å². The number of hydrogen-bond acceptors (Lipinski definition) is 8. The van der Waals surface area contributed by atoms with E-state index in [1.807, 2.05) is 0 Å². The van der Waals surface area contributed by atoms with Crippen LogP contribution in [0.4, 0.5) is 5.82 Å². The van der Waals surface area contributed by atoms with Gasteiger partial charge in [-0.05, 0) is 10.4 Å². The second kappa shape index (κ2) is 4.12. The lowest BCUT2D eigenvalue weighted by Crippen LogP contribution is -2.09. The summed E-state index contributed by atoms with van der Waals surface area (Å²) in [4.78, 5) is 7.94. The molecule has 3 heterocycles. The van der Waals surface area contributed by atoms with Crippen LogP contribution in [0.3, 0.4) is 0 Å². The van der Waals surface area contributed by atoms with Crippen molar-refractivity contribution in [3.8, 4) is 0 Å². The third kappa shape index (κ3) is 1.89. The Balaban J connectivity index is 1.70. The summed E-state index contributed by atoms with van der Waals surface area (Å²) in [5.41, 5.74) is 0.591. The fraction of sp³-hybridized carbons (Fsp3) is 0.250. The summed E-state index contributed by atoms with van der Waals surface area (Å²) in [6, 6.07) is 0. The third-order valence-electron chi connectivity index (χ3n) is 2.16. The minimum Gasteiger partial charge on any atom is -0.368 e. The first kappa shape index (κ1) is 9.63. The molecule has 0 aliphatic carbocycles. The average molecular weight is 232 g/mol. The van der Waals surface area contributed by atoms with E-state index in [2.05, 4.69) is 36.0 Å². The molecule has 9 nitrogen and oxygen atoms in total. The molecule has 3 rings (SSSR count). The largest absolute Gasteiger partial charge is 0.368 e. The van der Waals surface area contributed by atoms with Crippen LogP contribution in [-0.4, -0.2) is 41.7 Å². The highest BCUT2D eigenvalue weighted by Crippen LogP contribution is 2.05. The Kier molecular flexibility index (Phi) is 2.33. The first-order valence-corrected chi connectivity index (χ1v) is 4.95. The molecule has 0 bridgehead atoms. The van der Waals surface area contributed by atoms with Gasteiger partial charge < -0.3 is 9.84 Å². The van der Waals surface area contributed by atoms with Gasteiger partial charge in [-0.15, -0.1) is 5.10 Å². The van der Waals surface area contributed by atoms with Gasteiger partial charge in [-0.1, -0.05) is 5.16 Å². The summed E-state index contributed by atoms with van der Waals surface area (Å²) < 4.78 is 6.45. The fourth-order valence-corrected chi connectivity index (χ4v) is 1.40. The van der Waals surface area contributed by atoms with E-state index in [1.54, 1.807) is 16.9 Å². The van der Waals surface area contributed by atoms with Crippen molar-refractivity contribution >= 4 is 11.5 Å². The van der Waals surface area contributed by atoms with Gasteiger partial charge in [0.2, 0.25) is 5.89 Å². The van der Waals surface area contributed by atoms with Crippen molar-refractivity contribution < 1.29 is 4.52 Å². The summed E-state index contributed by atoms with van der Waals surface area (Å²) in [6.45, 7) is 0.628. The number of tetrazole rings is 1. The van der Waals surface area contributed by atoms with E-state index in [4.69, 9.17) is 4.52 Å². The van der Waals surface area contributed by atoms with E-state index in [0.29, 0.717) is 30.3 Å². The third-order valence-corrected chi connectivity index (χ3v) is 2.16. The quantitative estimate of drug-likeness (QED) is 0.644. The van der Waals surface area contributed by atoms with Crippen LogP contribution in [0.15, 0.2) is 23.2 Å². The van der Waals surface area contributed by atoms with E-state index >= 15 is 0 Å². The molecule has 9 heteroatoms. The maximum atomic E-state index is 4.88. The summed E-state index contributed by atoms with van der Waals surface area (Å²) in [7, 11) is 0. The summed E-state index contributed by atoms with van der Waals surface area (Å²) >= 11 is 0. The summed E-state index contributed by atoms with van der Waals surface area (Å²) in [5, 5.41) is 17.9. The molecule has 0 fully saturated rings. The molecule has 0 radical (unpaired) electrons. The Morgan fingerprint density at radius 1 is 1.35 bits per heavy atom. The van der Waals surface area contributed by atoms with Crippen molar-refractivity contribution in [2.24, 2.45) is 0 Å². The van der Waals surface area contributed by atoms with Gasteiger partial charge in [-0.25, -0.2) is 0 Å². The van der Waals surface area contributed by atoms with Crippen LogP contribution < -0.4 is 5.32 Å². The zero-order valence-electron chi connectivity index (χ0n) is 8.69. The molecule has 0 unspecified atom stereocenters. The fourth-order valence-electron chi connectivity index (χ4n) is 1.40. The van der Waals surface area contributed by atoms with Gasteiger partial charge in [0.05, 0.1) is 12.4 Å². The second-order valence-electron chi connectivity index (χ2n) is 3.25. The maximum Gasteiger partial charge on any atom is 0.228 e. The molecular formula is C8H8N8O. The number of anilines is 1. The predicted octanol–water partition coefficient (Wildman–Crippen LogP) is -0.443. The zero-order valence-corrected chi connectivity index (χ0v) is 8.69. The van der Waals surface area contributed by atoms with Crippen molar-refractivity contribution in [3.05, 3.63) is 24.6 Å². The number of nitrogens with zero attached hydrogens (tertiary/aromatic N) is 7. The van der Waals surface area contributed by atoms with Gasteiger partial charge in [0.15, 0.2) is 12.0 Å². The topological polar surface area (TPSA) is 107 Å². The van der Waals surface area contributed by atoms with Gasteiger partial charge >= 0.3 is 0 Å². The average Bonchev–Trinajstić information content (AvgIpc) is 2.99. The number of fused-ring (bicyclic) bond motifs is 1. The van der Waals surface area contributed by atoms with E-state index < -0.39 is 0 Å². The highest BCUT2D eigenvalue weighted by molar-refractivity contribution is 5.43. The number of hydrogen-bond donors (Lipinski definition) is 1. The highest BCUT2D eigenvalue weighted by atomic mass is 16.5. The van der Waals surface area contributed by atoms with Crippen LogP contribution >= 0.6 is 0 Å². The van der Waals surface area contributed by atoms with Crippen molar-refractivity contribution in [2.45, 2.75) is 6.42 Å². The molecular weight excluding hydrogens is 224 g/mol. The first-order valence-electron chi connectivity index (χ1n) is 4.95. The van der Waals surface area contributed by atoms with Crippen LogP contribution in [0.1, 0.15) is 5.89 Å². The molecule has 86 valence electrons. The van der Waals surface area contributed by atoms with Gasteiger partial charge in [-0.2, -0.15) is 9.50 Å². The van der Waals surface area contributed by atoms with E-state index in [1.165, 1.54) is 6.33 Å². The Labute approximate surface area is 94.9 Å². The summed E-state index contributed by atoms with van der Waals surface area (Å²) in [5.74, 6) is 1.29. The maximum absolute atomic E-state index is 4.88. The van der Waals surface area contributed by atoms with Gasteiger partial charge in [0.1, 0.15) is 5.82 Å². The Morgan fingerprint density at radius 2 is 2.35 bits per heavy atom. The van der Waals surface area contributed by atoms with Gasteiger partial charge in [0.25, 0.3) is 0 Å². The highest BCUT2D eigenvalue weighted by Gasteiger charge is 2.04. The van der Waals surface area contributed by atoms with Crippen LogP contribution in [0, 0.1) is 0 Å². The van der Waals surface area contributed by atoms with Crippen molar-refractivity contribution in [2.75, 3.05) is 11.9 Å². The standard InChI is InChI=1S/C8H8N8O/c1(8-11-5-12-17-8)2-10-6-3-9-4-7-13-14-15-16(6)7/h3-5,10H,1-2H2. The predicted molar refractivity (Wildman–Crippen MR) is 55.1 cm³/mol. The molecule has 3 aromatic heterocycles. The molecule has 0 aliphatic rings. The molecule has 0 spiro atoms. The molecule has 0 aliphatic heterocycles. The number of aromatic nitrogens is 7. The summed E-state index contributed by atoms with van der Waals surface area (Å²) in [6.07, 6.45) is 5.23. The lowest BCUT2D eigenvalue weighted by molar-refractivity contribution is 0.379. The Hall–Kier alpha value is -2.58. The Bertz CT molecular complexity index is 603. The van der Waals surface area contributed by atoms with Gasteiger partial charge in [-0.3, -0.25) is 4.98 Å². The molecule has 0 atom stereocenters. The Morgan fingerprint density at radius 3 is 3.24 bits per heavy atom. The monoisotopic (exact) mass is 232 g/mol. The van der Waals surface area contributed by atoms with Crippen LogP contribution in [-0.2, 0) is 6.42 Å². The number of nitrogens with one attached hydrogen (secondary N) is 1. The van der Waals surface area contributed by atoms with E-state index in [0.717, 1.165) is 0 Å². The van der Waals surface area contributed by atoms with Crippen molar-refractivity contribution in [1.82, 2.24) is 35.2 Å². The molecule has 17 heavy (non-hydrogen) atoms. The normalized spacial score (nSPS) is 10.8. The molecule has 0 aromatic carbocycles. The lowest BCUT2D eigenvalue weighted by Gasteiger charge is -2.04. The molecule has 0 saturated carbocycles. The van der Waals surface area contributed by atoms with Crippen molar-refractivity contribution in [1.29, 1.82) is 0 Å². The molecule has 0 saturated heterocycles. The van der Waals surface area contributed by atoms with Crippen LogP contribution in [0.5, 0.6) is 0 Å². The van der Waals surface area contributed by atoms with Crippen molar-refractivity contribution in [3.63, 3.8) is 0 Å².